The summed E-state index contributed by atoms with van der Waals surface area (Å²) in [6.07, 6.45) is 9.10. The van der Waals surface area contributed by atoms with Gasteiger partial charge in [0.15, 0.2) is 0 Å². The Balaban J connectivity index is 1.34. The second-order valence-corrected chi connectivity index (χ2v) is 9.63. The molecule has 3 rings (SSSR count). The van der Waals surface area contributed by atoms with Gasteiger partial charge in [-0.25, -0.2) is 12.7 Å². The van der Waals surface area contributed by atoms with E-state index in [1.165, 1.54) is 32.1 Å². The van der Waals surface area contributed by atoms with Crippen LogP contribution in [0, 0.1) is 5.92 Å². The molecule has 0 bridgehead atoms. The van der Waals surface area contributed by atoms with Gasteiger partial charge >= 0.3 is 0 Å². The Morgan fingerprint density at radius 2 is 1.70 bits per heavy atom. The molecule has 3 saturated heterocycles. The topological polar surface area (TPSA) is 49.9 Å². The van der Waals surface area contributed by atoms with Crippen LogP contribution in [0.2, 0.25) is 0 Å². The molecule has 0 radical (unpaired) electrons. The second-order valence-electron chi connectivity index (χ2n) is 7.41. The molecule has 3 heterocycles. The molecule has 1 atom stereocenters. The Hall–Kier alpha value is -0.170. The van der Waals surface area contributed by atoms with E-state index in [1.807, 2.05) is 0 Å². The first-order valence-corrected chi connectivity index (χ1v) is 11.0. The first kappa shape index (κ1) is 17.6. The van der Waals surface area contributed by atoms with Gasteiger partial charge in [-0.3, -0.25) is 0 Å². The van der Waals surface area contributed by atoms with Crippen LogP contribution in [0.15, 0.2) is 0 Å². The van der Waals surface area contributed by atoms with Gasteiger partial charge in [0.2, 0.25) is 10.0 Å². The lowest BCUT2D eigenvalue weighted by Gasteiger charge is -2.23. The van der Waals surface area contributed by atoms with Crippen LogP contribution in [-0.2, 0) is 14.8 Å². The average molecular weight is 345 g/mol. The van der Waals surface area contributed by atoms with E-state index in [2.05, 4.69) is 4.90 Å². The van der Waals surface area contributed by atoms with E-state index < -0.39 is 10.0 Å². The van der Waals surface area contributed by atoms with Crippen molar-refractivity contribution in [2.45, 2.75) is 56.6 Å². The predicted molar refractivity (Wildman–Crippen MR) is 92.0 cm³/mol. The Morgan fingerprint density at radius 1 is 0.957 bits per heavy atom. The number of likely N-dealkylation sites (tertiary alicyclic amines) is 1. The summed E-state index contributed by atoms with van der Waals surface area (Å²) in [5.74, 6) is 0.852. The Bertz CT molecular complexity index is 456. The highest BCUT2D eigenvalue weighted by Gasteiger charge is 2.37. The van der Waals surface area contributed by atoms with Crippen LogP contribution in [-0.4, -0.2) is 68.8 Å². The van der Waals surface area contributed by atoms with Gasteiger partial charge in [-0.15, -0.1) is 0 Å². The van der Waals surface area contributed by atoms with Gasteiger partial charge in [0.25, 0.3) is 0 Å². The van der Waals surface area contributed by atoms with Crippen molar-refractivity contribution in [3.8, 4) is 0 Å². The number of hydrogen-bond donors (Lipinski definition) is 0. The fourth-order valence-corrected chi connectivity index (χ4v) is 6.19. The van der Waals surface area contributed by atoms with Gasteiger partial charge in [0, 0.05) is 32.8 Å². The number of sulfonamides is 1. The predicted octanol–water partition coefficient (Wildman–Crippen LogP) is 2.08. The van der Waals surface area contributed by atoms with E-state index in [0.717, 1.165) is 71.1 Å². The summed E-state index contributed by atoms with van der Waals surface area (Å²) in [7, 11) is -3.04. The first-order chi connectivity index (χ1) is 11.2. The molecule has 3 fully saturated rings. The largest absolute Gasteiger partial charge is 0.381 e. The smallest absolute Gasteiger partial charge is 0.218 e. The normalized spacial score (nSPS) is 28.6. The van der Waals surface area contributed by atoms with E-state index in [0.29, 0.717) is 0 Å². The zero-order chi connectivity index (χ0) is 16.1. The maximum atomic E-state index is 12.6. The molecule has 0 spiro atoms. The Morgan fingerprint density at radius 3 is 2.43 bits per heavy atom. The Kier molecular flexibility index (Phi) is 6.35. The quantitative estimate of drug-likeness (QED) is 0.664. The average Bonchev–Trinajstić information content (AvgIpc) is 3.24. The molecule has 0 amide bonds. The van der Waals surface area contributed by atoms with Crippen molar-refractivity contribution in [2.75, 3.05) is 45.9 Å². The fourth-order valence-electron chi connectivity index (χ4n) is 4.20. The van der Waals surface area contributed by atoms with E-state index in [4.69, 9.17) is 4.74 Å². The highest BCUT2D eigenvalue weighted by molar-refractivity contribution is 7.89. The van der Waals surface area contributed by atoms with Gasteiger partial charge in [-0.1, -0.05) is 12.8 Å². The molecular weight excluding hydrogens is 312 g/mol. The van der Waals surface area contributed by atoms with Crippen molar-refractivity contribution in [1.29, 1.82) is 0 Å². The van der Waals surface area contributed by atoms with Crippen LogP contribution in [0.3, 0.4) is 0 Å². The summed E-state index contributed by atoms with van der Waals surface area (Å²) in [5.41, 5.74) is 0. The molecule has 0 aliphatic carbocycles. The maximum absolute atomic E-state index is 12.6. The molecular formula is C17H32N2O3S. The van der Waals surface area contributed by atoms with Crippen LogP contribution in [0.25, 0.3) is 0 Å². The van der Waals surface area contributed by atoms with Crippen molar-refractivity contribution in [2.24, 2.45) is 5.92 Å². The zero-order valence-electron chi connectivity index (χ0n) is 14.3. The molecule has 3 aliphatic heterocycles. The number of ether oxygens (including phenoxy) is 1. The number of hydrogen-bond acceptors (Lipinski definition) is 4. The highest BCUT2D eigenvalue weighted by Crippen LogP contribution is 2.25. The standard InChI is InChI=1S/C17H32N2O3S/c20-23(21,19-10-3-4-11-19)17-6-12-18(15-17)9-2-1-5-16-7-13-22-14-8-16/h16-17H,1-15H2. The molecule has 0 aromatic carbocycles. The third kappa shape index (κ3) is 4.68. The molecule has 134 valence electrons. The minimum absolute atomic E-state index is 0.156. The third-order valence-corrected chi connectivity index (χ3v) is 8.07. The maximum Gasteiger partial charge on any atom is 0.218 e. The molecule has 1 unspecified atom stereocenters. The SMILES string of the molecule is O=S(=O)(C1CCN(CCCCC2CCOCC2)C1)N1CCCC1. The summed E-state index contributed by atoms with van der Waals surface area (Å²) in [4.78, 5) is 2.36. The minimum Gasteiger partial charge on any atom is -0.381 e. The van der Waals surface area contributed by atoms with E-state index >= 15 is 0 Å². The molecule has 0 aromatic rings. The molecule has 23 heavy (non-hydrogen) atoms. The van der Waals surface area contributed by atoms with Gasteiger partial charge < -0.3 is 9.64 Å². The van der Waals surface area contributed by atoms with Crippen molar-refractivity contribution in [1.82, 2.24) is 9.21 Å². The molecule has 5 nitrogen and oxygen atoms in total. The lowest BCUT2D eigenvalue weighted by molar-refractivity contribution is 0.0629. The van der Waals surface area contributed by atoms with Crippen molar-refractivity contribution in [3.63, 3.8) is 0 Å². The summed E-state index contributed by atoms with van der Waals surface area (Å²) < 4.78 is 32.3. The summed E-state index contributed by atoms with van der Waals surface area (Å²) in [6, 6.07) is 0. The van der Waals surface area contributed by atoms with Gasteiger partial charge in [0.1, 0.15) is 0 Å². The highest BCUT2D eigenvalue weighted by atomic mass is 32.2. The number of unbranched alkanes of at least 4 members (excludes halogenated alkanes) is 1. The molecule has 3 aliphatic rings. The number of nitrogens with zero attached hydrogens (tertiary/aromatic N) is 2. The van der Waals surface area contributed by atoms with Crippen molar-refractivity contribution in [3.05, 3.63) is 0 Å². The van der Waals surface area contributed by atoms with Crippen LogP contribution >= 0.6 is 0 Å². The molecule has 0 N–H and O–H groups in total. The second kappa shape index (κ2) is 8.28. The molecule has 6 heteroatoms. The monoisotopic (exact) mass is 344 g/mol. The van der Waals surface area contributed by atoms with Gasteiger partial charge in [0.05, 0.1) is 5.25 Å². The van der Waals surface area contributed by atoms with E-state index in [-0.39, 0.29) is 5.25 Å². The third-order valence-electron chi connectivity index (χ3n) is 5.75. The zero-order valence-corrected chi connectivity index (χ0v) is 15.1. The lowest BCUT2D eigenvalue weighted by atomic mass is 9.94. The minimum atomic E-state index is -3.04. The molecule has 0 aromatic heterocycles. The van der Waals surface area contributed by atoms with Gasteiger partial charge in [-0.2, -0.15) is 0 Å². The summed E-state index contributed by atoms with van der Waals surface area (Å²) in [5, 5.41) is -0.156. The van der Waals surface area contributed by atoms with Crippen LogP contribution in [0.5, 0.6) is 0 Å². The van der Waals surface area contributed by atoms with Crippen LogP contribution in [0.4, 0.5) is 0 Å². The van der Waals surface area contributed by atoms with Crippen molar-refractivity contribution >= 4 is 10.0 Å². The summed E-state index contributed by atoms with van der Waals surface area (Å²) in [6.45, 7) is 6.12. The summed E-state index contributed by atoms with van der Waals surface area (Å²) >= 11 is 0. The molecule has 0 saturated carbocycles. The number of rotatable bonds is 7. The van der Waals surface area contributed by atoms with Crippen LogP contribution < -0.4 is 0 Å². The van der Waals surface area contributed by atoms with Crippen molar-refractivity contribution < 1.29 is 13.2 Å². The lowest BCUT2D eigenvalue weighted by Crippen LogP contribution is -2.38. The van der Waals surface area contributed by atoms with E-state index in [1.54, 1.807) is 4.31 Å². The fraction of sp³-hybridized carbons (Fsp3) is 1.00. The Labute approximate surface area is 141 Å². The van der Waals surface area contributed by atoms with Crippen LogP contribution in [0.1, 0.15) is 51.4 Å². The van der Waals surface area contributed by atoms with E-state index in [9.17, 15) is 8.42 Å². The first-order valence-electron chi connectivity index (χ1n) is 9.45. The van der Waals surface area contributed by atoms with Gasteiger partial charge in [-0.05, 0) is 57.5 Å².